The third kappa shape index (κ3) is 5.56. The Hall–Kier alpha value is -3.38. The third-order valence-corrected chi connectivity index (χ3v) is 3.93. The van der Waals surface area contributed by atoms with Gasteiger partial charge in [-0.2, -0.15) is 0 Å². The van der Waals surface area contributed by atoms with Crippen molar-refractivity contribution < 1.29 is 18.7 Å². The Morgan fingerprint density at radius 2 is 1.39 bits per heavy atom. The quantitative estimate of drug-likeness (QED) is 0.558. The average molecular weight is 399 g/mol. The molecule has 28 heavy (non-hydrogen) atoms. The predicted molar refractivity (Wildman–Crippen MR) is 106 cm³/mol. The van der Waals surface area contributed by atoms with Crippen molar-refractivity contribution in [1.29, 1.82) is 0 Å². The molecule has 0 aliphatic rings. The summed E-state index contributed by atoms with van der Waals surface area (Å²) in [5.41, 5.74) is 0.842. The lowest BCUT2D eigenvalue weighted by molar-refractivity contribution is -0.123. The fraction of sp³-hybridized carbons (Fsp3) is 0.0476. The maximum Gasteiger partial charge on any atom is 0.233 e. The summed E-state index contributed by atoms with van der Waals surface area (Å²) in [7, 11) is 0. The van der Waals surface area contributed by atoms with Crippen molar-refractivity contribution in [1.82, 2.24) is 0 Å². The van der Waals surface area contributed by atoms with Crippen LogP contribution in [0.3, 0.4) is 0 Å². The first-order valence-corrected chi connectivity index (χ1v) is 8.75. The van der Waals surface area contributed by atoms with E-state index >= 15 is 0 Å². The molecule has 0 bridgehead atoms. The second-order valence-corrected chi connectivity index (χ2v) is 6.25. The minimum atomic E-state index is -0.586. The molecule has 0 spiro atoms. The smallest absolute Gasteiger partial charge is 0.233 e. The molecule has 0 saturated heterocycles. The average Bonchev–Trinajstić information content (AvgIpc) is 2.67. The van der Waals surface area contributed by atoms with E-state index in [4.69, 9.17) is 16.3 Å². The van der Waals surface area contributed by atoms with Crippen LogP contribution >= 0.6 is 11.6 Å². The molecule has 0 aliphatic carbocycles. The van der Waals surface area contributed by atoms with Gasteiger partial charge in [0.1, 0.15) is 23.7 Å². The Balaban J connectivity index is 1.51. The fourth-order valence-corrected chi connectivity index (χ4v) is 2.54. The number of amides is 2. The largest absolute Gasteiger partial charge is 0.457 e. The van der Waals surface area contributed by atoms with Crippen molar-refractivity contribution in [2.75, 3.05) is 10.6 Å². The Bertz CT molecular complexity index is 979. The van der Waals surface area contributed by atoms with Crippen LogP contribution in [0.1, 0.15) is 6.42 Å². The van der Waals surface area contributed by atoms with Crippen molar-refractivity contribution in [3.05, 3.63) is 83.6 Å². The van der Waals surface area contributed by atoms with Gasteiger partial charge >= 0.3 is 0 Å². The highest BCUT2D eigenvalue weighted by atomic mass is 35.5. The van der Waals surface area contributed by atoms with Gasteiger partial charge in [-0.3, -0.25) is 9.59 Å². The van der Waals surface area contributed by atoms with Gasteiger partial charge < -0.3 is 15.4 Å². The van der Waals surface area contributed by atoms with Crippen LogP contribution in [0, 0.1) is 5.82 Å². The fourth-order valence-electron chi connectivity index (χ4n) is 2.36. The van der Waals surface area contributed by atoms with Crippen molar-refractivity contribution >= 4 is 34.8 Å². The van der Waals surface area contributed by atoms with E-state index in [2.05, 4.69) is 10.6 Å². The number of rotatable bonds is 6. The molecule has 3 aromatic rings. The zero-order valence-electron chi connectivity index (χ0n) is 14.6. The van der Waals surface area contributed by atoms with E-state index in [1.807, 2.05) is 30.3 Å². The lowest BCUT2D eigenvalue weighted by Crippen LogP contribution is -2.21. The minimum Gasteiger partial charge on any atom is -0.457 e. The number of ether oxygens (including phenoxy) is 1. The number of hydrogen-bond donors (Lipinski definition) is 2. The number of nitrogens with one attached hydrogen (secondary N) is 2. The molecular formula is C21H16ClFN2O3. The topological polar surface area (TPSA) is 67.4 Å². The zero-order chi connectivity index (χ0) is 19.9. The van der Waals surface area contributed by atoms with E-state index in [9.17, 15) is 14.0 Å². The van der Waals surface area contributed by atoms with Crippen molar-refractivity contribution in [2.45, 2.75) is 6.42 Å². The van der Waals surface area contributed by atoms with Gasteiger partial charge in [0.2, 0.25) is 11.8 Å². The van der Waals surface area contributed by atoms with Crippen LogP contribution in [0.25, 0.3) is 0 Å². The molecule has 0 aromatic heterocycles. The van der Waals surface area contributed by atoms with Crippen LogP contribution < -0.4 is 15.4 Å². The second-order valence-electron chi connectivity index (χ2n) is 5.84. The minimum absolute atomic E-state index is 0.111. The molecule has 7 heteroatoms. The third-order valence-electron chi connectivity index (χ3n) is 3.64. The van der Waals surface area contributed by atoms with Gasteiger partial charge in [0.15, 0.2) is 0 Å². The number of halogens is 2. The highest BCUT2D eigenvalue weighted by Gasteiger charge is 2.11. The molecule has 0 aliphatic heterocycles. The van der Waals surface area contributed by atoms with Crippen LogP contribution in [0.2, 0.25) is 5.02 Å². The lowest BCUT2D eigenvalue weighted by Gasteiger charge is -2.09. The van der Waals surface area contributed by atoms with E-state index in [0.717, 1.165) is 6.07 Å². The van der Waals surface area contributed by atoms with Gasteiger partial charge in [-0.15, -0.1) is 0 Å². The first-order chi connectivity index (χ1) is 13.5. The predicted octanol–water partition coefficient (Wildman–Crippen LogP) is 5.24. The number of carbonyl (C=O) groups excluding carboxylic acids is 2. The summed E-state index contributed by atoms with van der Waals surface area (Å²) < 4.78 is 18.8. The number of anilines is 2. The maximum absolute atomic E-state index is 13.1. The number of benzene rings is 3. The van der Waals surface area contributed by atoms with Crippen LogP contribution in [0.15, 0.2) is 72.8 Å². The molecule has 0 heterocycles. The molecular weight excluding hydrogens is 383 g/mol. The second kappa shape index (κ2) is 9.01. The van der Waals surface area contributed by atoms with Crippen LogP contribution in [0.5, 0.6) is 11.5 Å². The van der Waals surface area contributed by atoms with Crippen LogP contribution in [-0.4, -0.2) is 11.8 Å². The summed E-state index contributed by atoms with van der Waals surface area (Å²) in [6.07, 6.45) is -0.392. The SMILES string of the molecule is O=C(CC(=O)Nc1ccc(F)c(Cl)c1)Nc1ccc(Oc2ccccc2)cc1. The number of carbonyl (C=O) groups is 2. The molecule has 142 valence electrons. The van der Waals surface area contributed by atoms with Crippen LogP contribution in [-0.2, 0) is 9.59 Å². The summed E-state index contributed by atoms with van der Waals surface area (Å²) in [4.78, 5) is 24.0. The Morgan fingerprint density at radius 1 is 0.821 bits per heavy atom. The van der Waals surface area contributed by atoms with Crippen molar-refractivity contribution in [3.63, 3.8) is 0 Å². The molecule has 0 radical (unpaired) electrons. The normalized spacial score (nSPS) is 10.2. The first kappa shape index (κ1) is 19.4. The van der Waals surface area contributed by atoms with Crippen LogP contribution in [0.4, 0.5) is 15.8 Å². The van der Waals surface area contributed by atoms with E-state index in [1.54, 1.807) is 24.3 Å². The Morgan fingerprint density at radius 3 is 2.04 bits per heavy atom. The summed E-state index contributed by atoms with van der Waals surface area (Å²) in [6.45, 7) is 0. The lowest BCUT2D eigenvalue weighted by atomic mass is 10.2. The summed E-state index contributed by atoms with van der Waals surface area (Å²) in [5.74, 6) is -0.282. The molecule has 2 amide bonds. The molecule has 3 rings (SSSR count). The number of hydrogen-bond acceptors (Lipinski definition) is 3. The summed E-state index contributed by atoms with van der Waals surface area (Å²) in [6, 6.07) is 19.9. The highest BCUT2D eigenvalue weighted by Crippen LogP contribution is 2.23. The first-order valence-electron chi connectivity index (χ1n) is 8.37. The van der Waals surface area contributed by atoms with Gasteiger partial charge in [0.05, 0.1) is 5.02 Å². The van der Waals surface area contributed by atoms with Gasteiger partial charge in [-0.25, -0.2) is 4.39 Å². The van der Waals surface area contributed by atoms with E-state index in [1.165, 1.54) is 12.1 Å². The number of para-hydroxylation sites is 1. The standard InChI is InChI=1S/C21H16ClFN2O3/c22-18-12-15(8-11-19(18)23)25-21(27)13-20(26)24-14-6-9-17(10-7-14)28-16-4-2-1-3-5-16/h1-12H,13H2,(H,24,26)(H,25,27). The molecule has 5 nitrogen and oxygen atoms in total. The molecule has 0 unspecified atom stereocenters. The van der Waals surface area contributed by atoms with Crippen molar-refractivity contribution in [3.8, 4) is 11.5 Å². The van der Waals surface area contributed by atoms with E-state index < -0.39 is 24.1 Å². The Labute approximate surface area is 166 Å². The van der Waals surface area contributed by atoms with Gasteiger partial charge in [0.25, 0.3) is 0 Å². The maximum atomic E-state index is 13.1. The van der Waals surface area contributed by atoms with Gasteiger partial charge in [0, 0.05) is 11.4 Å². The Kier molecular flexibility index (Phi) is 6.24. The summed E-state index contributed by atoms with van der Waals surface area (Å²) >= 11 is 5.66. The summed E-state index contributed by atoms with van der Waals surface area (Å²) in [5, 5.41) is 5.01. The molecule has 2 N–H and O–H groups in total. The highest BCUT2D eigenvalue weighted by molar-refractivity contribution is 6.31. The van der Waals surface area contributed by atoms with Gasteiger partial charge in [-0.05, 0) is 54.6 Å². The zero-order valence-corrected chi connectivity index (χ0v) is 15.4. The monoisotopic (exact) mass is 398 g/mol. The van der Waals surface area contributed by atoms with Crippen molar-refractivity contribution in [2.24, 2.45) is 0 Å². The van der Waals surface area contributed by atoms with Gasteiger partial charge in [-0.1, -0.05) is 29.8 Å². The van der Waals surface area contributed by atoms with E-state index in [-0.39, 0.29) is 5.02 Å². The molecule has 0 saturated carbocycles. The molecule has 0 fully saturated rings. The molecule has 3 aromatic carbocycles. The molecule has 0 atom stereocenters. The van der Waals surface area contributed by atoms with E-state index in [0.29, 0.717) is 22.9 Å².